The van der Waals surface area contributed by atoms with Crippen molar-refractivity contribution >= 4 is 5.91 Å². The van der Waals surface area contributed by atoms with Crippen molar-refractivity contribution in [1.82, 2.24) is 15.2 Å². The number of rotatable bonds is 4. The molecule has 1 aromatic rings. The van der Waals surface area contributed by atoms with Crippen LogP contribution in [0.15, 0.2) is 24.5 Å². The summed E-state index contributed by atoms with van der Waals surface area (Å²) in [5.74, 6) is 0.0951. The molecule has 23 heavy (non-hydrogen) atoms. The van der Waals surface area contributed by atoms with Gasteiger partial charge in [0.15, 0.2) is 0 Å². The van der Waals surface area contributed by atoms with Gasteiger partial charge in [0.25, 0.3) is 0 Å². The van der Waals surface area contributed by atoms with Crippen molar-refractivity contribution in [3.8, 4) is 0 Å². The summed E-state index contributed by atoms with van der Waals surface area (Å²) in [4.78, 5) is 17.6. The lowest BCUT2D eigenvalue weighted by atomic mass is 10.00. The van der Waals surface area contributed by atoms with Gasteiger partial charge >= 0.3 is 0 Å². The molecule has 3 heterocycles. The molecule has 2 aliphatic rings. The summed E-state index contributed by atoms with van der Waals surface area (Å²) in [6.45, 7) is 5.71. The molecule has 1 spiro atoms. The van der Waals surface area contributed by atoms with Gasteiger partial charge in [0.05, 0.1) is 25.9 Å². The fourth-order valence-corrected chi connectivity index (χ4v) is 3.31. The van der Waals surface area contributed by atoms with E-state index in [2.05, 4.69) is 10.3 Å². The van der Waals surface area contributed by atoms with E-state index in [1.807, 2.05) is 17.0 Å². The van der Waals surface area contributed by atoms with Crippen molar-refractivity contribution in [3.63, 3.8) is 0 Å². The van der Waals surface area contributed by atoms with E-state index in [0.29, 0.717) is 26.3 Å². The second-order valence-electron chi connectivity index (χ2n) is 6.44. The Bertz CT molecular complexity index is 525. The lowest BCUT2D eigenvalue weighted by Gasteiger charge is -2.31. The minimum atomic E-state index is -0.328. The number of amides is 1. The van der Waals surface area contributed by atoms with Gasteiger partial charge in [-0.05, 0) is 30.5 Å². The van der Waals surface area contributed by atoms with E-state index in [1.165, 1.54) is 5.56 Å². The van der Waals surface area contributed by atoms with Crippen molar-refractivity contribution < 1.29 is 14.3 Å². The van der Waals surface area contributed by atoms with Crippen molar-refractivity contribution in [1.29, 1.82) is 0 Å². The zero-order chi connectivity index (χ0) is 16.1. The van der Waals surface area contributed by atoms with Crippen LogP contribution in [0.5, 0.6) is 0 Å². The monoisotopic (exact) mass is 319 g/mol. The maximum absolute atomic E-state index is 11.7. The summed E-state index contributed by atoms with van der Waals surface area (Å²) >= 11 is 0. The molecule has 1 aromatic heterocycles. The number of pyridine rings is 1. The number of carbonyl (C=O) groups excluding carboxylic acids is 1. The summed E-state index contributed by atoms with van der Waals surface area (Å²) in [5, 5.41) is 3.44. The van der Waals surface area contributed by atoms with Gasteiger partial charge < -0.3 is 19.7 Å². The highest BCUT2D eigenvalue weighted by Crippen LogP contribution is 2.32. The summed E-state index contributed by atoms with van der Waals surface area (Å²) in [6.07, 6.45) is 5.72. The van der Waals surface area contributed by atoms with Gasteiger partial charge in [-0.15, -0.1) is 0 Å². The van der Waals surface area contributed by atoms with E-state index in [4.69, 9.17) is 9.47 Å². The average Bonchev–Trinajstić information content (AvgIpc) is 2.81. The molecule has 126 valence electrons. The van der Waals surface area contributed by atoms with Gasteiger partial charge in [0.2, 0.25) is 5.91 Å². The van der Waals surface area contributed by atoms with Crippen LogP contribution >= 0.6 is 0 Å². The molecule has 2 aliphatic heterocycles. The Morgan fingerprint density at radius 1 is 1.48 bits per heavy atom. The van der Waals surface area contributed by atoms with Crippen LogP contribution in [0.1, 0.15) is 25.3 Å². The largest absolute Gasteiger partial charge is 0.377 e. The third kappa shape index (κ3) is 4.28. The Hall–Kier alpha value is -1.50. The molecular weight excluding hydrogens is 294 g/mol. The molecule has 0 aliphatic carbocycles. The van der Waals surface area contributed by atoms with Crippen LogP contribution in [0.3, 0.4) is 0 Å². The van der Waals surface area contributed by atoms with Gasteiger partial charge in [-0.1, -0.05) is 0 Å². The highest BCUT2D eigenvalue weighted by atomic mass is 16.6. The standard InChI is InChI=1S/C17H25N3O3/c1-14(21)20-8-9-22-13-17(12-20)5-2-16(23-17)11-19-10-15-3-6-18-7-4-15/h3-4,6-7,16,19H,2,5,8-13H2,1H3/t16-,17+/m1/s1. The molecule has 6 heteroatoms. The number of ether oxygens (including phenoxy) is 2. The molecular formula is C17H25N3O3. The van der Waals surface area contributed by atoms with Crippen LogP contribution in [0.4, 0.5) is 0 Å². The molecule has 6 nitrogen and oxygen atoms in total. The molecule has 0 saturated carbocycles. The van der Waals surface area contributed by atoms with Crippen molar-refractivity contribution in [2.45, 2.75) is 38.0 Å². The minimum Gasteiger partial charge on any atom is -0.377 e. The van der Waals surface area contributed by atoms with Crippen molar-refractivity contribution in [2.24, 2.45) is 0 Å². The van der Waals surface area contributed by atoms with Crippen molar-refractivity contribution in [2.75, 3.05) is 32.8 Å². The van der Waals surface area contributed by atoms with E-state index in [0.717, 1.165) is 25.9 Å². The second kappa shape index (κ2) is 7.38. The molecule has 1 N–H and O–H groups in total. The molecule has 0 radical (unpaired) electrons. The van der Waals surface area contributed by atoms with Crippen LogP contribution in [0.2, 0.25) is 0 Å². The molecule has 1 amide bonds. The van der Waals surface area contributed by atoms with E-state index < -0.39 is 0 Å². The highest BCUT2D eigenvalue weighted by molar-refractivity contribution is 5.73. The molecule has 2 saturated heterocycles. The van der Waals surface area contributed by atoms with Crippen LogP contribution < -0.4 is 5.32 Å². The predicted octanol–water partition coefficient (Wildman–Crippen LogP) is 0.968. The zero-order valence-electron chi connectivity index (χ0n) is 13.7. The van der Waals surface area contributed by atoms with Gasteiger partial charge in [0.1, 0.15) is 5.60 Å². The molecule has 0 unspecified atom stereocenters. The maximum atomic E-state index is 11.7. The minimum absolute atomic E-state index is 0.0951. The highest BCUT2D eigenvalue weighted by Gasteiger charge is 2.43. The smallest absolute Gasteiger partial charge is 0.219 e. The topological polar surface area (TPSA) is 63.7 Å². The average molecular weight is 319 g/mol. The number of hydrogen-bond acceptors (Lipinski definition) is 5. The number of nitrogens with zero attached hydrogens (tertiary/aromatic N) is 2. The first-order chi connectivity index (χ1) is 11.2. The normalized spacial score (nSPS) is 28.0. The SMILES string of the molecule is CC(=O)N1CCOC[C@]2(CC[C@H](CNCc3ccncc3)O2)C1. The number of hydrogen-bond donors (Lipinski definition) is 1. The Balaban J connectivity index is 1.50. The fourth-order valence-electron chi connectivity index (χ4n) is 3.31. The Kier molecular flexibility index (Phi) is 5.25. The fraction of sp³-hybridized carbons (Fsp3) is 0.647. The van der Waals surface area contributed by atoms with Gasteiger partial charge in [-0.2, -0.15) is 0 Å². The lowest BCUT2D eigenvalue weighted by molar-refractivity contribution is -0.133. The van der Waals surface area contributed by atoms with E-state index >= 15 is 0 Å². The van der Waals surface area contributed by atoms with E-state index in [9.17, 15) is 4.79 Å². The number of nitrogens with one attached hydrogen (secondary N) is 1. The maximum Gasteiger partial charge on any atom is 0.219 e. The predicted molar refractivity (Wildman–Crippen MR) is 85.9 cm³/mol. The first-order valence-electron chi connectivity index (χ1n) is 8.28. The van der Waals surface area contributed by atoms with Gasteiger partial charge in [0, 0.05) is 39.0 Å². The summed E-state index contributed by atoms with van der Waals surface area (Å²) in [6, 6.07) is 4.02. The quantitative estimate of drug-likeness (QED) is 0.896. The first kappa shape index (κ1) is 16.4. The zero-order valence-corrected chi connectivity index (χ0v) is 13.7. The van der Waals surface area contributed by atoms with Crippen LogP contribution in [-0.2, 0) is 20.8 Å². The summed E-state index contributed by atoms with van der Waals surface area (Å²) in [5.41, 5.74) is 0.888. The van der Waals surface area contributed by atoms with Gasteiger partial charge in [-0.25, -0.2) is 0 Å². The van der Waals surface area contributed by atoms with Crippen molar-refractivity contribution in [3.05, 3.63) is 30.1 Å². The summed E-state index contributed by atoms with van der Waals surface area (Å²) < 4.78 is 12.0. The van der Waals surface area contributed by atoms with E-state index in [1.54, 1.807) is 19.3 Å². The Morgan fingerprint density at radius 2 is 2.30 bits per heavy atom. The molecule has 2 fully saturated rings. The van der Waals surface area contributed by atoms with E-state index in [-0.39, 0.29) is 17.6 Å². The molecule has 3 rings (SSSR count). The van der Waals surface area contributed by atoms with Gasteiger partial charge in [-0.3, -0.25) is 9.78 Å². The summed E-state index contributed by atoms with van der Waals surface area (Å²) in [7, 11) is 0. The van der Waals surface area contributed by atoms with Crippen LogP contribution in [-0.4, -0.2) is 60.3 Å². The number of aromatic nitrogens is 1. The Labute approximate surface area is 137 Å². The number of carbonyl (C=O) groups is 1. The molecule has 0 aromatic carbocycles. The Morgan fingerprint density at radius 3 is 3.09 bits per heavy atom. The first-order valence-corrected chi connectivity index (χ1v) is 8.28. The molecule has 0 bridgehead atoms. The van der Waals surface area contributed by atoms with Crippen LogP contribution in [0, 0.1) is 0 Å². The third-order valence-corrected chi connectivity index (χ3v) is 4.58. The van der Waals surface area contributed by atoms with Crippen LogP contribution in [0.25, 0.3) is 0 Å². The third-order valence-electron chi connectivity index (χ3n) is 4.58. The molecule has 2 atom stereocenters. The second-order valence-corrected chi connectivity index (χ2v) is 6.44. The lowest BCUT2D eigenvalue weighted by Crippen LogP contribution is -2.46.